The minimum Gasteiger partial charge on any atom is -0.508 e. The molecule has 0 saturated carbocycles. The summed E-state index contributed by atoms with van der Waals surface area (Å²) in [6.45, 7) is 66.0. The number of ether oxygens (including phenoxy) is 1. The van der Waals surface area contributed by atoms with Crippen LogP contribution in [0.1, 0.15) is 359 Å². The predicted molar refractivity (Wildman–Crippen MR) is 643 cm³/mol. The van der Waals surface area contributed by atoms with Gasteiger partial charge in [-0.25, -0.2) is 9.37 Å². The molecular formula is C138H175FN4O5S2. The van der Waals surface area contributed by atoms with E-state index in [1.54, 1.807) is 76.6 Å². The number of nitrogens with one attached hydrogen (secondary N) is 1. The number of thiazole rings is 2. The second kappa shape index (κ2) is 50.5. The molecule has 4 aliphatic rings. The zero-order valence-electron chi connectivity index (χ0n) is 96.5. The standard InChI is InChI=1S/C15H22O.C14H20O.C14H16O.C14H20O.C14H16O.C14H20.C14H16.C13H15FN2.2C13H15NS/c1-15(2,3)14-12-8-6-5-7-11(12)9-10-13(14)16-4;2*1-14(2,3)13-9-11(15)8-10-6-4-5-7-12(10)13;2*1-14(2,3)13-11-7-5-4-6-10(11)8-9-12(13)15;2*1-14(2,3)13-10-6-8-11-7-4-5-9-12(11)13;1-13(2,3)11-6-9(4-5-12(11)14)10-7-15-16-8-10;1-13(2,3)11-7-5-4-6-10(11)12-8-14-9-15-12;1-13(2,3)11-7-5-4-6-10(11)12-14-8-9-15-12/h9-10H,5-8H2,1-4H3;8-9,15H,4-7H2,1-3H3;4-9,15H,1-3H3;8-9,15H,4-7H2,1-3H3;4-9,15H,1-3H3;6,8,10H,4-5,7,9H2,1-3H3;4-10H,1-3H3;4-8H,1-3H3,(H,15,16);2*4-9H,1-3H3. The third kappa shape index (κ3) is 32.1. The van der Waals surface area contributed by atoms with Crippen LogP contribution in [0.3, 0.4) is 0 Å². The number of benzene rings is 13. The molecule has 13 aromatic carbocycles. The highest BCUT2D eigenvalue weighted by Gasteiger charge is 2.32. The number of nitrogens with zero attached hydrogens (tertiary/aromatic N) is 3. The van der Waals surface area contributed by atoms with Gasteiger partial charge in [-0.05, 0) is 338 Å². The Morgan fingerprint density at radius 2 is 0.720 bits per heavy atom. The third-order valence-corrected chi connectivity index (χ3v) is 30.1. The zero-order valence-corrected chi connectivity index (χ0v) is 98.2. The summed E-state index contributed by atoms with van der Waals surface area (Å²) in [4.78, 5) is 9.77. The van der Waals surface area contributed by atoms with Crippen LogP contribution < -0.4 is 4.74 Å². The Morgan fingerprint density at radius 1 is 0.307 bits per heavy atom. The van der Waals surface area contributed by atoms with Gasteiger partial charge in [-0.15, -0.1) is 22.7 Å². The van der Waals surface area contributed by atoms with Crippen molar-refractivity contribution in [3.63, 3.8) is 0 Å². The van der Waals surface area contributed by atoms with Gasteiger partial charge in [0.05, 0.1) is 23.7 Å². The summed E-state index contributed by atoms with van der Waals surface area (Å²) in [7, 11) is 1.78. The molecule has 0 fully saturated rings. The molecule has 0 unspecified atom stereocenters. The molecule has 16 aromatic rings. The Kier molecular flexibility index (Phi) is 39.8. The van der Waals surface area contributed by atoms with Crippen LogP contribution in [-0.4, -0.2) is 47.7 Å². The maximum atomic E-state index is 13.7. The lowest BCUT2D eigenvalue weighted by Crippen LogP contribution is -2.19. The van der Waals surface area contributed by atoms with Gasteiger partial charge < -0.3 is 25.2 Å². The van der Waals surface area contributed by atoms with Crippen LogP contribution in [0.5, 0.6) is 28.7 Å². The number of fused-ring (bicyclic) bond motifs is 7. The normalized spacial score (nSPS) is 13.5. The van der Waals surface area contributed by atoms with Crippen LogP contribution >= 0.6 is 22.7 Å². The van der Waals surface area contributed by atoms with E-state index in [4.69, 9.17) is 4.74 Å². The van der Waals surface area contributed by atoms with E-state index in [1.807, 2.05) is 117 Å². The Hall–Kier alpha value is -12.0. The number of aromatic hydroxyl groups is 4. The first-order valence-electron chi connectivity index (χ1n) is 54.5. The first kappa shape index (κ1) is 118. The number of methoxy groups -OCH3 is 1. The number of halogens is 1. The number of H-pyrrole nitrogens is 1. The predicted octanol–water partition coefficient (Wildman–Crippen LogP) is 38.4. The van der Waals surface area contributed by atoms with Crippen molar-refractivity contribution in [2.45, 2.75) is 365 Å². The van der Waals surface area contributed by atoms with Gasteiger partial charge in [-0.1, -0.05) is 390 Å². The summed E-state index contributed by atoms with van der Waals surface area (Å²) in [5.41, 5.74) is 32.2. The Morgan fingerprint density at radius 3 is 1.23 bits per heavy atom. The number of aromatic amines is 1. The van der Waals surface area contributed by atoms with Gasteiger partial charge in [-0.2, -0.15) is 5.10 Å². The molecule has 0 radical (unpaired) electrons. The molecule has 20 rings (SSSR count). The number of hydrogen-bond acceptors (Lipinski definition) is 10. The molecular weight excluding hydrogens is 1880 g/mol. The lowest BCUT2D eigenvalue weighted by Gasteiger charge is -2.29. The highest BCUT2D eigenvalue weighted by Crippen LogP contribution is 2.46. The Bertz CT molecular complexity index is 6980. The molecule has 0 spiro atoms. The largest absolute Gasteiger partial charge is 0.508 e. The number of aryl methyl sites for hydroxylation is 4. The molecule has 4 aliphatic carbocycles. The van der Waals surface area contributed by atoms with Crippen LogP contribution in [0.2, 0.25) is 0 Å². The quantitative estimate of drug-likeness (QED) is 0.117. The molecule has 5 N–H and O–H groups in total. The second-order valence-electron chi connectivity index (χ2n) is 51.2. The molecule has 0 aliphatic heterocycles. The van der Waals surface area contributed by atoms with E-state index >= 15 is 0 Å². The minimum atomic E-state index is -0.191. The highest BCUT2D eigenvalue weighted by molar-refractivity contribution is 7.13. The molecule has 9 nitrogen and oxygen atoms in total. The number of phenolic OH excluding ortho intramolecular Hbond substituents is 4. The number of aromatic nitrogens is 4. The van der Waals surface area contributed by atoms with Crippen molar-refractivity contribution in [1.29, 1.82) is 0 Å². The van der Waals surface area contributed by atoms with Gasteiger partial charge >= 0.3 is 0 Å². The maximum Gasteiger partial charge on any atom is 0.126 e. The number of rotatable bonds is 4. The van der Waals surface area contributed by atoms with Crippen molar-refractivity contribution >= 4 is 55.0 Å². The molecule has 3 aromatic heterocycles. The van der Waals surface area contributed by atoms with Gasteiger partial charge in [-0.3, -0.25) is 10.1 Å². The molecule has 0 bridgehead atoms. The molecule has 796 valence electrons. The van der Waals surface area contributed by atoms with Gasteiger partial charge in [0, 0.05) is 51.8 Å². The minimum absolute atomic E-state index is 0.0368. The molecule has 0 saturated heterocycles. The Labute approximate surface area is 909 Å². The van der Waals surface area contributed by atoms with Gasteiger partial charge in [0.15, 0.2) is 0 Å². The van der Waals surface area contributed by atoms with E-state index in [0.29, 0.717) is 28.4 Å². The Balaban J connectivity index is 0.000000158. The SMILES string of the molecule is CC(C)(C)c1c(O)ccc2c1CCCC2.CC(C)(C)c1c(O)ccc2ccccc12.CC(C)(C)c1cc(-c2cn[nH]c2)ccc1F.CC(C)(C)c1cc(O)cc2c1CCCC2.CC(C)(C)c1cc(O)cc2ccccc12.CC(C)(C)c1cccc2c1CCCC2.CC(C)(C)c1cccc2ccccc12.CC(C)(C)c1ccccc1-c1cncs1.CC(C)(C)c1ccccc1-c1nccs1.COc1ccc2c(c1C(C)(C)C)CCCC2. The van der Waals surface area contributed by atoms with Crippen molar-refractivity contribution in [2.75, 3.05) is 7.11 Å². The summed E-state index contributed by atoms with van der Waals surface area (Å²) in [6.07, 6.45) is 27.5. The number of phenols is 4. The smallest absolute Gasteiger partial charge is 0.126 e. The average Bonchev–Trinajstić information content (AvgIpc) is 0.839. The van der Waals surface area contributed by atoms with Crippen LogP contribution in [0.15, 0.2) is 272 Å². The highest BCUT2D eigenvalue weighted by atomic mass is 32.1. The van der Waals surface area contributed by atoms with Crippen molar-refractivity contribution in [3.8, 4) is 60.9 Å². The van der Waals surface area contributed by atoms with Gasteiger partial charge in [0.25, 0.3) is 0 Å². The van der Waals surface area contributed by atoms with Crippen molar-refractivity contribution in [2.24, 2.45) is 0 Å². The monoisotopic (exact) mass is 2050 g/mol. The summed E-state index contributed by atoms with van der Waals surface area (Å²) in [5, 5.41) is 56.5. The fourth-order valence-corrected chi connectivity index (χ4v) is 22.7. The lowest BCUT2D eigenvalue weighted by molar-refractivity contribution is 0.394. The van der Waals surface area contributed by atoms with E-state index in [-0.39, 0.29) is 54.6 Å². The summed E-state index contributed by atoms with van der Waals surface area (Å²) < 4.78 is 19.2. The first-order valence-corrected chi connectivity index (χ1v) is 56.3. The molecule has 3 heterocycles. The van der Waals surface area contributed by atoms with Crippen LogP contribution in [0, 0.1) is 5.82 Å². The van der Waals surface area contributed by atoms with Crippen LogP contribution in [0.4, 0.5) is 4.39 Å². The number of hydrogen-bond donors (Lipinski definition) is 5. The van der Waals surface area contributed by atoms with E-state index in [9.17, 15) is 24.8 Å². The average molecular weight is 2050 g/mol. The maximum absolute atomic E-state index is 13.7. The molecule has 12 heteroatoms. The van der Waals surface area contributed by atoms with Crippen LogP contribution in [-0.2, 0) is 106 Å². The van der Waals surface area contributed by atoms with E-state index in [2.05, 4.69) is 353 Å². The molecule has 0 atom stereocenters. The lowest BCUT2D eigenvalue weighted by atomic mass is 9.77. The van der Waals surface area contributed by atoms with E-state index in [1.165, 1.54) is 200 Å². The third-order valence-electron chi connectivity index (χ3n) is 28.5. The zero-order chi connectivity index (χ0) is 110. The molecule has 150 heavy (non-hydrogen) atoms. The van der Waals surface area contributed by atoms with Crippen molar-refractivity contribution < 1.29 is 29.6 Å². The van der Waals surface area contributed by atoms with E-state index < -0.39 is 0 Å². The first-order chi connectivity index (χ1) is 70.3. The second-order valence-corrected chi connectivity index (χ2v) is 53.0. The van der Waals surface area contributed by atoms with Crippen molar-refractivity contribution in [3.05, 3.63) is 378 Å². The van der Waals surface area contributed by atoms with Gasteiger partial charge in [0.1, 0.15) is 39.6 Å². The van der Waals surface area contributed by atoms with Crippen molar-refractivity contribution in [1.82, 2.24) is 20.2 Å². The molecule has 0 amide bonds. The van der Waals surface area contributed by atoms with Crippen LogP contribution in [0.25, 0.3) is 64.5 Å². The van der Waals surface area contributed by atoms with E-state index in [0.717, 1.165) is 56.6 Å². The summed E-state index contributed by atoms with van der Waals surface area (Å²) in [6, 6.07) is 80.2. The van der Waals surface area contributed by atoms with Gasteiger partial charge in [0.2, 0.25) is 0 Å². The fourth-order valence-electron chi connectivity index (χ4n) is 21.4. The summed E-state index contributed by atoms with van der Waals surface area (Å²) in [5.74, 6) is 2.55. The fraction of sp³-hybridized carbons (Fsp3) is 0.413. The summed E-state index contributed by atoms with van der Waals surface area (Å²) >= 11 is 3.39. The topological polar surface area (TPSA) is 145 Å².